The van der Waals surface area contributed by atoms with Crippen molar-refractivity contribution in [2.24, 2.45) is 0 Å². The van der Waals surface area contributed by atoms with Crippen LogP contribution in [0.15, 0.2) is 4.42 Å². The van der Waals surface area contributed by atoms with Crippen molar-refractivity contribution >= 4 is 0 Å². The van der Waals surface area contributed by atoms with Gasteiger partial charge in [0, 0.05) is 13.5 Å². The molecular weight excluding hydrogens is 156 g/mol. The van der Waals surface area contributed by atoms with Gasteiger partial charge in [0.15, 0.2) is 0 Å². The fourth-order valence-electron chi connectivity index (χ4n) is 1.46. The van der Waals surface area contributed by atoms with E-state index in [2.05, 4.69) is 10.2 Å². The normalized spacial score (nSPS) is 29.5. The van der Waals surface area contributed by atoms with Crippen molar-refractivity contribution < 1.29 is 9.15 Å². The van der Waals surface area contributed by atoms with Crippen molar-refractivity contribution in [3.05, 3.63) is 11.8 Å². The first-order chi connectivity index (χ1) is 5.71. The van der Waals surface area contributed by atoms with Crippen molar-refractivity contribution in [1.82, 2.24) is 10.2 Å². The van der Waals surface area contributed by atoms with E-state index in [0.717, 1.165) is 19.4 Å². The van der Waals surface area contributed by atoms with Crippen molar-refractivity contribution in [3.63, 3.8) is 0 Å². The van der Waals surface area contributed by atoms with E-state index in [9.17, 15) is 0 Å². The van der Waals surface area contributed by atoms with Crippen LogP contribution in [0.25, 0.3) is 0 Å². The van der Waals surface area contributed by atoms with E-state index in [1.807, 2.05) is 6.92 Å². The van der Waals surface area contributed by atoms with Crippen LogP contribution in [0.4, 0.5) is 0 Å². The van der Waals surface area contributed by atoms with Gasteiger partial charge in [0.2, 0.25) is 11.8 Å². The second-order valence-corrected chi connectivity index (χ2v) is 3.31. The van der Waals surface area contributed by atoms with E-state index < -0.39 is 0 Å². The molecule has 1 fully saturated rings. The number of hydrogen-bond acceptors (Lipinski definition) is 4. The third kappa shape index (κ3) is 1.12. The van der Waals surface area contributed by atoms with Crippen LogP contribution in [-0.4, -0.2) is 16.8 Å². The standard InChI is InChI=1S/C8H12N2O2/c1-6-9-10-7(12-6)8(2)4-3-5-11-8/h3-5H2,1-2H3. The topological polar surface area (TPSA) is 48.2 Å². The second kappa shape index (κ2) is 2.55. The van der Waals surface area contributed by atoms with E-state index in [-0.39, 0.29) is 5.60 Å². The van der Waals surface area contributed by atoms with E-state index in [1.54, 1.807) is 6.92 Å². The van der Waals surface area contributed by atoms with Crippen LogP contribution >= 0.6 is 0 Å². The fraction of sp³-hybridized carbons (Fsp3) is 0.750. The van der Waals surface area contributed by atoms with Crippen LogP contribution in [0.1, 0.15) is 31.5 Å². The monoisotopic (exact) mass is 168 g/mol. The van der Waals surface area contributed by atoms with Gasteiger partial charge in [-0.25, -0.2) is 0 Å². The Hall–Kier alpha value is -0.900. The van der Waals surface area contributed by atoms with Gasteiger partial charge in [0.05, 0.1) is 0 Å². The minimum Gasteiger partial charge on any atom is -0.422 e. The quantitative estimate of drug-likeness (QED) is 0.636. The predicted octanol–water partition coefficient (Wildman–Crippen LogP) is 1.40. The summed E-state index contributed by atoms with van der Waals surface area (Å²) in [6.07, 6.45) is 2.03. The Balaban J connectivity index is 2.28. The molecule has 0 bridgehead atoms. The third-order valence-corrected chi connectivity index (χ3v) is 2.20. The number of rotatable bonds is 1. The van der Waals surface area contributed by atoms with Crippen molar-refractivity contribution in [3.8, 4) is 0 Å². The lowest BCUT2D eigenvalue weighted by Gasteiger charge is -2.17. The Labute approximate surface area is 70.9 Å². The summed E-state index contributed by atoms with van der Waals surface area (Å²) in [6.45, 7) is 4.57. The number of aryl methyl sites for hydroxylation is 1. The van der Waals surface area contributed by atoms with Gasteiger partial charge in [-0.3, -0.25) is 0 Å². The number of ether oxygens (including phenoxy) is 1. The Morgan fingerprint density at radius 2 is 2.25 bits per heavy atom. The maximum absolute atomic E-state index is 5.54. The Kier molecular flexibility index (Phi) is 1.65. The summed E-state index contributed by atoms with van der Waals surface area (Å²) in [7, 11) is 0. The summed E-state index contributed by atoms with van der Waals surface area (Å²) in [6, 6.07) is 0. The zero-order chi connectivity index (χ0) is 8.60. The van der Waals surface area contributed by atoms with E-state index in [1.165, 1.54) is 0 Å². The first-order valence-electron chi connectivity index (χ1n) is 4.15. The molecule has 0 radical (unpaired) electrons. The average molecular weight is 168 g/mol. The highest BCUT2D eigenvalue weighted by atomic mass is 16.5. The lowest BCUT2D eigenvalue weighted by atomic mass is 10.0. The molecule has 2 heterocycles. The second-order valence-electron chi connectivity index (χ2n) is 3.31. The SMILES string of the molecule is Cc1nnc(C2(C)CCCO2)o1. The van der Waals surface area contributed by atoms with Crippen LogP contribution in [0, 0.1) is 6.92 Å². The summed E-state index contributed by atoms with van der Waals surface area (Å²) in [5.41, 5.74) is -0.332. The van der Waals surface area contributed by atoms with E-state index in [4.69, 9.17) is 9.15 Å². The Bertz CT molecular complexity index is 276. The van der Waals surface area contributed by atoms with Gasteiger partial charge in [0.25, 0.3) is 0 Å². The van der Waals surface area contributed by atoms with Gasteiger partial charge in [0.1, 0.15) is 5.60 Å². The highest BCUT2D eigenvalue weighted by Crippen LogP contribution is 2.34. The Morgan fingerprint density at radius 1 is 1.42 bits per heavy atom. The maximum atomic E-state index is 5.54. The summed E-state index contributed by atoms with van der Waals surface area (Å²) in [5.74, 6) is 1.21. The molecule has 1 saturated heterocycles. The number of nitrogens with zero attached hydrogens (tertiary/aromatic N) is 2. The summed E-state index contributed by atoms with van der Waals surface area (Å²) in [5, 5.41) is 7.74. The fourth-order valence-corrected chi connectivity index (χ4v) is 1.46. The molecule has 1 unspecified atom stereocenters. The minimum atomic E-state index is -0.332. The van der Waals surface area contributed by atoms with Gasteiger partial charge in [-0.1, -0.05) is 0 Å². The van der Waals surface area contributed by atoms with Crippen LogP contribution < -0.4 is 0 Å². The molecule has 12 heavy (non-hydrogen) atoms. The summed E-state index contributed by atoms with van der Waals surface area (Å²) < 4.78 is 10.9. The molecular formula is C8H12N2O2. The molecule has 4 nitrogen and oxygen atoms in total. The largest absolute Gasteiger partial charge is 0.422 e. The molecule has 0 saturated carbocycles. The third-order valence-electron chi connectivity index (χ3n) is 2.20. The molecule has 1 aromatic rings. The molecule has 0 spiro atoms. The van der Waals surface area contributed by atoms with Gasteiger partial charge in [-0.05, 0) is 19.8 Å². The smallest absolute Gasteiger partial charge is 0.247 e. The first-order valence-corrected chi connectivity index (χ1v) is 4.15. The molecule has 1 aliphatic heterocycles. The summed E-state index contributed by atoms with van der Waals surface area (Å²) in [4.78, 5) is 0. The van der Waals surface area contributed by atoms with Crippen LogP contribution in [0.2, 0.25) is 0 Å². The zero-order valence-corrected chi connectivity index (χ0v) is 7.33. The molecule has 0 amide bonds. The molecule has 66 valence electrons. The zero-order valence-electron chi connectivity index (χ0n) is 7.33. The van der Waals surface area contributed by atoms with Gasteiger partial charge >= 0.3 is 0 Å². The van der Waals surface area contributed by atoms with Gasteiger partial charge in [-0.2, -0.15) is 0 Å². The Morgan fingerprint density at radius 3 is 2.75 bits per heavy atom. The van der Waals surface area contributed by atoms with Crippen LogP contribution in [0.3, 0.4) is 0 Å². The predicted molar refractivity (Wildman–Crippen MR) is 41.6 cm³/mol. The molecule has 0 N–H and O–H groups in total. The molecule has 1 aliphatic rings. The van der Waals surface area contributed by atoms with Gasteiger partial charge in [-0.15, -0.1) is 10.2 Å². The first kappa shape index (κ1) is 7.73. The van der Waals surface area contributed by atoms with Crippen molar-refractivity contribution in [2.75, 3.05) is 6.61 Å². The number of aromatic nitrogens is 2. The lowest BCUT2D eigenvalue weighted by molar-refractivity contribution is -0.00593. The van der Waals surface area contributed by atoms with Crippen LogP contribution in [-0.2, 0) is 10.3 Å². The summed E-state index contributed by atoms with van der Waals surface area (Å²) >= 11 is 0. The maximum Gasteiger partial charge on any atom is 0.247 e. The highest BCUT2D eigenvalue weighted by molar-refractivity contribution is 4.97. The molecule has 4 heteroatoms. The van der Waals surface area contributed by atoms with E-state index in [0.29, 0.717) is 11.8 Å². The van der Waals surface area contributed by atoms with Gasteiger partial charge < -0.3 is 9.15 Å². The minimum absolute atomic E-state index is 0.332. The van der Waals surface area contributed by atoms with Crippen LogP contribution in [0.5, 0.6) is 0 Å². The average Bonchev–Trinajstić information content (AvgIpc) is 2.59. The van der Waals surface area contributed by atoms with E-state index >= 15 is 0 Å². The molecule has 0 aromatic carbocycles. The molecule has 2 rings (SSSR count). The lowest BCUT2D eigenvalue weighted by Crippen LogP contribution is -2.20. The van der Waals surface area contributed by atoms with Crippen molar-refractivity contribution in [2.45, 2.75) is 32.3 Å². The highest BCUT2D eigenvalue weighted by Gasteiger charge is 2.36. The number of hydrogen-bond donors (Lipinski definition) is 0. The molecule has 1 aromatic heterocycles. The molecule has 0 aliphatic carbocycles. The molecule has 1 atom stereocenters. The van der Waals surface area contributed by atoms with Crippen molar-refractivity contribution in [1.29, 1.82) is 0 Å².